The van der Waals surface area contributed by atoms with E-state index in [1.54, 1.807) is 0 Å². The van der Waals surface area contributed by atoms with E-state index in [1.165, 1.54) is 25.1 Å². The predicted octanol–water partition coefficient (Wildman–Crippen LogP) is 1.53. The number of ether oxygens (including phenoxy) is 3. The Balaban J connectivity index is 2.02. The van der Waals surface area contributed by atoms with Crippen molar-refractivity contribution in [1.82, 2.24) is 0 Å². The molecule has 1 unspecified atom stereocenters. The van der Waals surface area contributed by atoms with Crippen LogP contribution in [0, 0.1) is 5.82 Å². The second kappa shape index (κ2) is 4.38. The summed E-state index contributed by atoms with van der Waals surface area (Å²) in [6, 6.07) is 4.05. The predicted molar refractivity (Wildman–Crippen MR) is 52.9 cm³/mol. The fraction of sp³-hybridized carbons (Fsp3) is 0.364. The van der Waals surface area contributed by atoms with Crippen LogP contribution in [-0.2, 0) is 9.53 Å². The maximum Gasteiger partial charge on any atom is 0.302 e. The smallest absolute Gasteiger partial charge is 0.302 e. The van der Waals surface area contributed by atoms with Crippen molar-refractivity contribution in [2.45, 2.75) is 13.0 Å². The molecule has 1 aliphatic heterocycles. The Morgan fingerprint density at radius 2 is 2.38 bits per heavy atom. The third-order valence-electron chi connectivity index (χ3n) is 2.10. The summed E-state index contributed by atoms with van der Waals surface area (Å²) in [4.78, 5) is 10.6. The molecule has 0 bridgehead atoms. The minimum atomic E-state index is -0.393. The minimum Gasteiger partial charge on any atom is -0.486 e. The molecule has 0 fully saturated rings. The lowest BCUT2D eigenvalue weighted by atomic mass is 10.2. The van der Waals surface area contributed by atoms with Crippen molar-refractivity contribution < 1.29 is 23.4 Å². The zero-order valence-electron chi connectivity index (χ0n) is 8.73. The van der Waals surface area contributed by atoms with E-state index in [9.17, 15) is 9.18 Å². The number of hydrogen-bond donors (Lipinski definition) is 0. The molecule has 2 rings (SSSR count). The molecular weight excluding hydrogens is 215 g/mol. The van der Waals surface area contributed by atoms with Gasteiger partial charge in [-0.05, 0) is 12.1 Å². The largest absolute Gasteiger partial charge is 0.486 e. The van der Waals surface area contributed by atoms with Crippen LogP contribution in [0.15, 0.2) is 18.2 Å². The molecule has 0 saturated heterocycles. The van der Waals surface area contributed by atoms with Gasteiger partial charge in [0, 0.05) is 13.0 Å². The van der Waals surface area contributed by atoms with Crippen LogP contribution in [0.4, 0.5) is 4.39 Å². The van der Waals surface area contributed by atoms with Crippen molar-refractivity contribution in [2.24, 2.45) is 0 Å². The summed E-state index contributed by atoms with van der Waals surface area (Å²) in [5.74, 6) is 0.0630. The molecule has 16 heavy (non-hydrogen) atoms. The highest BCUT2D eigenvalue weighted by atomic mass is 19.1. The Labute approximate surface area is 91.9 Å². The van der Waals surface area contributed by atoms with Crippen molar-refractivity contribution >= 4 is 5.97 Å². The van der Waals surface area contributed by atoms with Gasteiger partial charge < -0.3 is 14.2 Å². The maximum absolute atomic E-state index is 12.9. The topological polar surface area (TPSA) is 44.8 Å². The fourth-order valence-electron chi connectivity index (χ4n) is 1.38. The van der Waals surface area contributed by atoms with Gasteiger partial charge in [-0.25, -0.2) is 4.39 Å². The molecule has 0 spiro atoms. The fourth-order valence-corrected chi connectivity index (χ4v) is 1.38. The number of carbonyl (C=O) groups excluding carboxylic acids is 1. The third-order valence-corrected chi connectivity index (χ3v) is 2.10. The number of esters is 1. The van der Waals surface area contributed by atoms with E-state index >= 15 is 0 Å². The molecule has 4 nitrogen and oxygen atoms in total. The lowest BCUT2D eigenvalue weighted by Crippen LogP contribution is -2.34. The quantitative estimate of drug-likeness (QED) is 0.717. The molecule has 0 aromatic heterocycles. The molecule has 0 amide bonds. The highest BCUT2D eigenvalue weighted by molar-refractivity contribution is 5.65. The summed E-state index contributed by atoms with van der Waals surface area (Å²) in [6.45, 7) is 1.70. The number of halogens is 1. The molecule has 0 radical (unpaired) electrons. The van der Waals surface area contributed by atoms with E-state index in [1.807, 2.05) is 0 Å². The normalized spacial score (nSPS) is 18.0. The Morgan fingerprint density at radius 1 is 1.56 bits per heavy atom. The summed E-state index contributed by atoms with van der Waals surface area (Å²) < 4.78 is 28.5. The zero-order chi connectivity index (χ0) is 11.5. The third kappa shape index (κ3) is 2.42. The van der Waals surface area contributed by atoms with E-state index in [4.69, 9.17) is 14.2 Å². The second-order valence-corrected chi connectivity index (χ2v) is 3.44. The van der Waals surface area contributed by atoms with Crippen LogP contribution in [0.2, 0.25) is 0 Å². The maximum atomic E-state index is 12.9. The van der Waals surface area contributed by atoms with Gasteiger partial charge in [0.25, 0.3) is 0 Å². The van der Waals surface area contributed by atoms with Gasteiger partial charge in [0.1, 0.15) is 19.0 Å². The number of fused-ring (bicyclic) bond motifs is 1. The van der Waals surface area contributed by atoms with Gasteiger partial charge in [0.15, 0.2) is 17.6 Å². The number of hydrogen-bond acceptors (Lipinski definition) is 4. The monoisotopic (exact) mass is 226 g/mol. The van der Waals surface area contributed by atoms with E-state index < -0.39 is 11.9 Å². The van der Waals surface area contributed by atoms with Crippen molar-refractivity contribution in [3.05, 3.63) is 24.0 Å². The number of benzene rings is 1. The van der Waals surface area contributed by atoms with Gasteiger partial charge in [0.05, 0.1) is 0 Å². The number of carbonyl (C=O) groups is 1. The van der Waals surface area contributed by atoms with Gasteiger partial charge in [-0.2, -0.15) is 0 Å². The Bertz CT molecular complexity index is 405. The van der Waals surface area contributed by atoms with Gasteiger partial charge in [-0.15, -0.1) is 0 Å². The lowest BCUT2D eigenvalue weighted by molar-refractivity contribution is -0.144. The van der Waals surface area contributed by atoms with E-state index in [0.29, 0.717) is 11.5 Å². The van der Waals surface area contributed by atoms with Crippen LogP contribution in [0.5, 0.6) is 11.5 Å². The van der Waals surface area contributed by atoms with Crippen LogP contribution in [0.1, 0.15) is 6.92 Å². The van der Waals surface area contributed by atoms with Crippen LogP contribution in [0.3, 0.4) is 0 Å². The number of rotatable bonds is 2. The average Bonchev–Trinajstić information content (AvgIpc) is 2.25. The van der Waals surface area contributed by atoms with Crippen LogP contribution in [-0.4, -0.2) is 25.3 Å². The molecule has 5 heteroatoms. The molecular formula is C11H11FO4. The van der Waals surface area contributed by atoms with Crippen molar-refractivity contribution in [2.75, 3.05) is 13.2 Å². The summed E-state index contributed by atoms with van der Waals surface area (Å²) >= 11 is 0. The Hall–Kier alpha value is -1.78. The van der Waals surface area contributed by atoms with Crippen molar-refractivity contribution in [1.29, 1.82) is 0 Å². The molecule has 1 heterocycles. The first-order chi connectivity index (χ1) is 7.65. The molecule has 0 aliphatic carbocycles. The molecule has 0 N–H and O–H groups in total. The van der Waals surface area contributed by atoms with Gasteiger partial charge in [-0.1, -0.05) is 0 Å². The van der Waals surface area contributed by atoms with Crippen LogP contribution in [0.25, 0.3) is 0 Å². The SMILES string of the molecule is CC(=O)OCC1COc2ccc(F)cc2O1. The van der Waals surface area contributed by atoms with Gasteiger partial charge in [-0.3, -0.25) is 4.79 Å². The first kappa shape index (κ1) is 10.7. The summed E-state index contributed by atoms with van der Waals surface area (Å²) in [5, 5.41) is 0. The van der Waals surface area contributed by atoms with E-state index in [0.717, 1.165) is 0 Å². The first-order valence-corrected chi connectivity index (χ1v) is 4.87. The van der Waals surface area contributed by atoms with E-state index in [-0.39, 0.29) is 19.2 Å². The van der Waals surface area contributed by atoms with Crippen LogP contribution >= 0.6 is 0 Å². The molecule has 1 aromatic carbocycles. The standard InChI is InChI=1S/C11H11FO4/c1-7(13)14-5-9-6-15-10-3-2-8(12)4-11(10)16-9/h2-4,9H,5-6H2,1H3. The minimum absolute atomic E-state index is 0.102. The second-order valence-electron chi connectivity index (χ2n) is 3.44. The average molecular weight is 226 g/mol. The van der Waals surface area contributed by atoms with Crippen molar-refractivity contribution in [3.63, 3.8) is 0 Å². The molecule has 1 aliphatic rings. The Morgan fingerprint density at radius 3 is 3.12 bits per heavy atom. The molecule has 86 valence electrons. The Kier molecular flexibility index (Phi) is 2.94. The van der Waals surface area contributed by atoms with Crippen LogP contribution < -0.4 is 9.47 Å². The summed E-state index contributed by atoms with van der Waals surface area (Å²) in [7, 11) is 0. The van der Waals surface area contributed by atoms with Gasteiger partial charge in [0.2, 0.25) is 0 Å². The lowest BCUT2D eigenvalue weighted by Gasteiger charge is -2.25. The summed E-state index contributed by atoms with van der Waals surface area (Å²) in [5.41, 5.74) is 0. The van der Waals surface area contributed by atoms with Crippen molar-refractivity contribution in [3.8, 4) is 11.5 Å². The molecule has 0 saturated carbocycles. The summed E-state index contributed by atoms with van der Waals surface area (Å²) in [6.07, 6.45) is -0.391. The highest BCUT2D eigenvalue weighted by Gasteiger charge is 2.22. The highest BCUT2D eigenvalue weighted by Crippen LogP contribution is 2.32. The first-order valence-electron chi connectivity index (χ1n) is 4.87. The molecule has 1 aromatic rings. The van der Waals surface area contributed by atoms with Gasteiger partial charge >= 0.3 is 5.97 Å². The zero-order valence-corrected chi connectivity index (χ0v) is 8.73. The van der Waals surface area contributed by atoms with E-state index in [2.05, 4.69) is 0 Å². The molecule has 1 atom stereocenters.